The van der Waals surface area contributed by atoms with Crippen molar-refractivity contribution in [3.05, 3.63) is 12.4 Å². The third-order valence-corrected chi connectivity index (χ3v) is 2.53. The van der Waals surface area contributed by atoms with Crippen molar-refractivity contribution in [2.75, 3.05) is 18.5 Å². The van der Waals surface area contributed by atoms with Crippen LogP contribution in [-0.2, 0) is 0 Å². The van der Waals surface area contributed by atoms with Gasteiger partial charge in [-0.2, -0.15) is 0 Å². The standard InChI is InChI=1S/C13H23N3O2/c1-5-18-12-6-11(15-9-16-12)14-8-13(3,4)7-10(2)17/h6,9-10,17H,5,7-8H2,1-4H3,(H,14,15,16). The highest BCUT2D eigenvalue weighted by atomic mass is 16.5. The topological polar surface area (TPSA) is 67.3 Å². The van der Waals surface area contributed by atoms with Crippen LogP contribution in [0.4, 0.5) is 5.82 Å². The van der Waals surface area contributed by atoms with E-state index in [1.807, 2.05) is 6.92 Å². The zero-order valence-corrected chi connectivity index (χ0v) is 11.6. The summed E-state index contributed by atoms with van der Waals surface area (Å²) >= 11 is 0. The number of anilines is 1. The van der Waals surface area contributed by atoms with Gasteiger partial charge >= 0.3 is 0 Å². The van der Waals surface area contributed by atoms with Crippen molar-refractivity contribution in [2.24, 2.45) is 5.41 Å². The van der Waals surface area contributed by atoms with E-state index in [0.29, 0.717) is 12.5 Å². The molecule has 1 heterocycles. The van der Waals surface area contributed by atoms with E-state index < -0.39 is 0 Å². The largest absolute Gasteiger partial charge is 0.478 e. The van der Waals surface area contributed by atoms with Gasteiger partial charge < -0.3 is 15.2 Å². The highest BCUT2D eigenvalue weighted by Gasteiger charge is 2.20. The summed E-state index contributed by atoms with van der Waals surface area (Å²) in [5.74, 6) is 1.32. The summed E-state index contributed by atoms with van der Waals surface area (Å²) in [6, 6.07) is 1.78. The minimum absolute atomic E-state index is 0.00485. The zero-order chi connectivity index (χ0) is 13.6. The fraction of sp³-hybridized carbons (Fsp3) is 0.692. The number of aliphatic hydroxyl groups excluding tert-OH is 1. The van der Waals surface area contributed by atoms with Crippen molar-refractivity contribution in [3.63, 3.8) is 0 Å². The van der Waals surface area contributed by atoms with Crippen LogP contribution in [-0.4, -0.2) is 34.3 Å². The number of nitrogens with one attached hydrogen (secondary N) is 1. The van der Waals surface area contributed by atoms with Crippen molar-refractivity contribution in [1.82, 2.24) is 9.97 Å². The van der Waals surface area contributed by atoms with E-state index >= 15 is 0 Å². The second-order valence-electron chi connectivity index (χ2n) is 5.25. The van der Waals surface area contributed by atoms with Gasteiger partial charge in [0.2, 0.25) is 5.88 Å². The Labute approximate surface area is 109 Å². The van der Waals surface area contributed by atoms with Crippen molar-refractivity contribution < 1.29 is 9.84 Å². The maximum absolute atomic E-state index is 9.43. The summed E-state index contributed by atoms with van der Waals surface area (Å²) in [6.07, 6.45) is 1.92. The third-order valence-electron chi connectivity index (χ3n) is 2.53. The van der Waals surface area contributed by atoms with Crippen molar-refractivity contribution in [1.29, 1.82) is 0 Å². The Kier molecular flexibility index (Phi) is 5.34. The van der Waals surface area contributed by atoms with Crippen molar-refractivity contribution in [2.45, 2.75) is 40.2 Å². The van der Waals surface area contributed by atoms with Crippen LogP contribution in [0.25, 0.3) is 0 Å². The average molecular weight is 253 g/mol. The number of hydrogen-bond acceptors (Lipinski definition) is 5. The van der Waals surface area contributed by atoms with E-state index in [0.717, 1.165) is 18.8 Å². The molecule has 0 aliphatic rings. The Morgan fingerprint density at radius 2 is 2.17 bits per heavy atom. The molecule has 0 fully saturated rings. The molecule has 1 unspecified atom stereocenters. The minimum atomic E-state index is -0.300. The van der Waals surface area contributed by atoms with Gasteiger partial charge in [0.05, 0.1) is 12.7 Å². The maximum atomic E-state index is 9.43. The van der Waals surface area contributed by atoms with E-state index in [9.17, 15) is 5.11 Å². The normalized spacial score (nSPS) is 13.2. The first kappa shape index (κ1) is 14.7. The first-order valence-corrected chi connectivity index (χ1v) is 6.30. The fourth-order valence-corrected chi connectivity index (χ4v) is 1.86. The molecular weight excluding hydrogens is 230 g/mol. The van der Waals surface area contributed by atoms with Gasteiger partial charge in [-0.25, -0.2) is 9.97 Å². The van der Waals surface area contributed by atoms with Crippen LogP contribution in [0.2, 0.25) is 0 Å². The fourth-order valence-electron chi connectivity index (χ4n) is 1.86. The lowest BCUT2D eigenvalue weighted by Gasteiger charge is -2.26. The molecule has 1 rings (SSSR count). The van der Waals surface area contributed by atoms with Gasteiger partial charge in [0, 0.05) is 12.6 Å². The molecule has 0 aliphatic carbocycles. The van der Waals surface area contributed by atoms with Crippen LogP contribution in [0.5, 0.6) is 5.88 Å². The molecule has 0 radical (unpaired) electrons. The van der Waals surface area contributed by atoms with Gasteiger partial charge in [0.15, 0.2) is 0 Å². The highest BCUT2D eigenvalue weighted by Crippen LogP contribution is 2.23. The first-order valence-electron chi connectivity index (χ1n) is 6.30. The molecule has 0 aliphatic heterocycles. The molecule has 1 aromatic heterocycles. The molecular formula is C13H23N3O2. The molecule has 0 saturated carbocycles. The van der Waals surface area contributed by atoms with Crippen LogP contribution in [0.15, 0.2) is 12.4 Å². The third kappa shape index (κ3) is 5.31. The quantitative estimate of drug-likeness (QED) is 0.778. The first-order chi connectivity index (χ1) is 8.43. The predicted octanol–water partition coefficient (Wildman–Crippen LogP) is 2.08. The molecule has 5 nitrogen and oxygen atoms in total. The summed E-state index contributed by atoms with van der Waals surface area (Å²) in [5, 5.41) is 12.7. The summed E-state index contributed by atoms with van der Waals surface area (Å²) in [7, 11) is 0. The molecule has 102 valence electrons. The van der Waals surface area contributed by atoms with Crippen LogP contribution in [0, 0.1) is 5.41 Å². The molecule has 5 heteroatoms. The highest BCUT2D eigenvalue weighted by molar-refractivity contribution is 5.37. The Bertz CT molecular complexity index is 367. The van der Waals surface area contributed by atoms with Crippen molar-refractivity contribution in [3.8, 4) is 5.88 Å². The monoisotopic (exact) mass is 253 g/mol. The van der Waals surface area contributed by atoms with E-state index in [-0.39, 0.29) is 11.5 Å². The van der Waals surface area contributed by atoms with Gasteiger partial charge in [-0.15, -0.1) is 0 Å². The van der Waals surface area contributed by atoms with Gasteiger partial charge in [0.25, 0.3) is 0 Å². The molecule has 0 saturated heterocycles. The van der Waals surface area contributed by atoms with Gasteiger partial charge in [-0.05, 0) is 25.7 Å². The Morgan fingerprint density at radius 3 is 2.78 bits per heavy atom. The predicted molar refractivity (Wildman–Crippen MR) is 71.8 cm³/mol. The lowest BCUT2D eigenvalue weighted by atomic mass is 9.87. The van der Waals surface area contributed by atoms with E-state index in [1.165, 1.54) is 6.33 Å². The van der Waals surface area contributed by atoms with E-state index in [4.69, 9.17) is 4.74 Å². The molecule has 18 heavy (non-hydrogen) atoms. The molecule has 2 N–H and O–H groups in total. The summed E-state index contributed by atoms with van der Waals surface area (Å²) in [6.45, 7) is 9.26. The number of hydrogen-bond donors (Lipinski definition) is 2. The minimum Gasteiger partial charge on any atom is -0.478 e. The molecule has 1 aromatic rings. The number of rotatable bonds is 7. The van der Waals surface area contributed by atoms with Gasteiger partial charge in [-0.1, -0.05) is 13.8 Å². The molecule has 0 amide bonds. The summed E-state index contributed by atoms with van der Waals surface area (Å²) in [4.78, 5) is 8.15. The van der Waals surface area contributed by atoms with Crippen LogP contribution in [0.1, 0.15) is 34.1 Å². The van der Waals surface area contributed by atoms with Gasteiger partial charge in [0.1, 0.15) is 12.1 Å². The Balaban J connectivity index is 2.54. The number of nitrogens with zero attached hydrogens (tertiary/aromatic N) is 2. The smallest absolute Gasteiger partial charge is 0.218 e. The number of ether oxygens (including phenoxy) is 1. The summed E-state index contributed by atoms with van der Waals surface area (Å²) in [5.41, 5.74) is 0.00485. The Hall–Kier alpha value is -1.36. The second kappa shape index (κ2) is 6.54. The molecule has 0 bridgehead atoms. The van der Waals surface area contributed by atoms with E-state index in [1.54, 1.807) is 13.0 Å². The Morgan fingerprint density at radius 1 is 1.44 bits per heavy atom. The zero-order valence-electron chi connectivity index (χ0n) is 11.6. The molecule has 1 atom stereocenters. The van der Waals surface area contributed by atoms with Crippen LogP contribution in [0.3, 0.4) is 0 Å². The SMILES string of the molecule is CCOc1cc(NCC(C)(C)CC(C)O)ncn1. The molecule has 0 spiro atoms. The summed E-state index contributed by atoms with van der Waals surface area (Å²) < 4.78 is 5.31. The lowest BCUT2D eigenvalue weighted by Crippen LogP contribution is -2.27. The van der Waals surface area contributed by atoms with Crippen molar-refractivity contribution >= 4 is 5.82 Å². The van der Waals surface area contributed by atoms with Crippen LogP contribution >= 0.6 is 0 Å². The lowest BCUT2D eigenvalue weighted by molar-refractivity contribution is 0.135. The van der Waals surface area contributed by atoms with Gasteiger partial charge in [-0.3, -0.25) is 0 Å². The average Bonchev–Trinajstić information content (AvgIpc) is 2.26. The van der Waals surface area contributed by atoms with E-state index in [2.05, 4.69) is 29.1 Å². The molecule has 0 aromatic carbocycles. The maximum Gasteiger partial charge on any atom is 0.218 e. The number of aliphatic hydroxyl groups is 1. The second-order valence-corrected chi connectivity index (χ2v) is 5.25. The number of aromatic nitrogens is 2. The van der Waals surface area contributed by atoms with Crippen LogP contribution < -0.4 is 10.1 Å².